The average Bonchev–Trinajstić information content (AvgIpc) is 2.98. The predicted octanol–water partition coefficient (Wildman–Crippen LogP) is 3.55. The summed E-state index contributed by atoms with van der Waals surface area (Å²) in [6, 6.07) is 11.8. The number of nitro groups is 1. The second-order valence-corrected chi connectivity index (χ2v) is 6.53. The van der Waals surface area contributed by atoms with Gasteiger partial charge in [-0.2, -0.15) is 4.99 Å². The molecular formula is C19H15N3O3S. The van der Waals surface area contributed by atoms with E-state index in [2.05, 4.69) is 17.8 Å². The zero-order valence-electron chi connectivity index (χ0n) is 14.0. The number of nitro benzene ring substituents is 1. The minimum Gasteiger partial charge on any atom is -0.305 e. The van der Waals surface area contributed by atoms with Crippen molar-refractivity contribution in [2.75, 3.05) is 0 Å². The molecule has 0 aliphatic heterocycles. The fraction of sp³-hybridized carbons (Fsp3) is 0.158. The molecule has 6 nitrogen and oxygen atoms in total. The van der Waals surface area contributed by atoms with Gasteiger partial charge in [-0.05, 0) is 30.2 Å². The summed E-state index contributed by atoms with van der Waals surface area (Å²) < 4.78 is 2.74. The fourth-order valence-electron chi connectivity index (χ4n) is 2.63. The highest BCUT2D eigenvalue weighted by molar-refractivity contribution is 7.16. The van der Waals surface area contributed by atoms with E-state index in [-0.39, 0.29) is 17.8 Å². The lowest BCUT2D eigenvalue weighted by atomic mass is 10.2. The molecule has 0 saturated carbocycles. The summed E-state index contributed by atoms with van der Waals surface area (Å²) in [6.07, 6.45) is 6.35. The predicted molar refractivity (Wildman–Crippen MR) is 101 cm³/mol. The van der Waals surface area contributed by atoms with Crippen molar-refractivity contribution in [2.45, 2.75) is 19.9 Å². The zero-order valence-corrected chi connectivity index (χ0v) is 14.8. The first-order valence-corrected chi connectivity index (χ1v) is 8.75. The van der Waals surface area contributed by atoms with Crippen LogP contribution < -0.4 is 4.80 Å². The number of carbonyl (C=O) groups is 1. The monoisotopic (exact) mass is 365 g/mol. The van der Waals surface area contributed by atoms with E-state index in [4.69, 9.17) is 6.42 Å². The standard InChI is InChI=1S/C19H15N3O3S/c1-3-11-21-16-10-9-13(4-2)12-17(16)26-19(21)20-18(23)14-7-5-6-8-15(14)22(24)25/h1,5-10,12H,4,11H2,2H3. The van der Waals surface area contributed by atoms with Gasteiger partial charge in [0.15, 0.2) is 4.80 Å². The quantitative estimate of drug-likeness (QED) is 0.403. The van der Waals surface area contributed by atoms with Crippen LogP contribution in [0.2, 0.25) is 0 Å². The third-order valence-corrected chi connectivity index (χ3v) is 4.97. The molecule has 0 aliphatic carbocycles. The molecule has 0 N–H and O–H groups in total. The van der Waals surface area contributed by atoms with E-state index in [0.717, 1.165) is 16.6 Å². The van der Waals surface area contributed by atoms with Crippen molar-refractivity contribution in [1.82, 2.24) is 4.57 Å². The summed E-state index contributed by atoms with van der Waals surface area (Å²) in [7, 11) is 0. The Labute approximate surface area is 153 Å². The Bertz CT molecular complexity index is 1120. The first kappa shape index (κ1) is 17.6. The number of para-hydroxylation sites is 1. The molecule has 3 rings (SSSR count). The highest BCUT2D eigenvalue weighted by Gasteiger charge is 2.19. The van der Waals surface area contributed by atoms with Gasteiger partial charge in [0, 0.05) is 6.07 Å². The maximum absolute atomic E-state index is 12.6. The number of amides is 1. The maximum Gasteiger partial charge on any atom is 0.286 e. The van der Waals surface area contributed by atoms with Crippen LogP contribution in [0.15, 0.2) is 47.5 Å². The van der Waals surface area contributed by atoms with Gasteiger partial charge in [-0.1, -0.05) is 42.4 Å². The topological polar surface area (TPSA) is 77.5 Å². The van der Waals surface area contributed by atoms with Crippen molar-refractivity contribution in [3.05, 3.63) is 68.5 Å². The van der Waals surface area contributed by atoms with Crippen LogP contribution in [-0.2, 0) is 13.0 Å². The number of fused-ring (bicyclic) bond motifs is 1. The van der Waals surface area contributed by atoms with Gasteiger partial charge in [0.2, 0.25) is 0 Å². The summed E-state index contributed by atoms with van der Waals surface area (Å²) >= 11 is 1.34. The van der Waals surface area contributed by atoms with Crippen molar-refractivity contribution >= 4 is 33.1 Å². The third-order valence-electron chi connectivity index (χ3n) is 3.93. The number of hydrogen-bond acceptors (Lipinski definition) is 4. The molecule has 1 heterocycles. The van der Waals surface area contributed by atoms with Crippen LogP contribution in [0.5, 0.6) is 0 Å². The van der Waals surface area contributed by atoms with Crippen LogP contribution >= 0.6 is 11.3 Å². The first-order valence-electron chi connectivity index (χ1n) is 7.93. The van der Waals surface area contributed by atoms with Crippen LogP contribution in [0, 0.1) is 22.5 Å². The largest absolute Gasteiger partial charge is 0.305 e. The van der Waals surface area contributed by atoms with E-state index in [1.54, 1.807) is 10.6 Å². The Morgan fingerprint density at radius 3 is 2.81 bits per heavy atom. The molecule has 1 amide bonds. The molecular weight excluding hydrogens is 350 g/mol. The number of rotatable bonds is 4. The molecule has 0 fully saturated rings. The van der Waals surface area contributed by atoms with Crippen molar-refractivity contribution in [1.29, 1.82) is 0 Å². The average molecular weight is 365 g/mol. The van der Waals surface area contributed by atoms with Gasteiger partial charge in [0.05, 0.1) is 21.7 Å². The van der Waals surface area contributed by atoms with Gasteiger partial charge in [0.1, 0.15) is 5.56 Å². The van der Waals surface area contributed by atoms with Gasteiger partial charge in [-0.25, -0.2) is 0 Å². The van der Waals surface area contributed by atoms with E-state index >= 15 is 0 Å². The number of terminal acetylenes is 1. The molecule has 0 atom stereocenters. The molecule has 26 heavy (non-hydrogen) atoms. The Balaban J connectivity index is 2.18. The van der Waals surface area contributed by atoms with E-state index in [9.17, 15) is 14.9 Å². The zero-order chi connectivity index (χ0) is 18.7. The lowest BCUT2D eigenvalue weighted by Crippen LogP contribution is -2.16. The summed E-state index contributed by atoms with van der Waals surface area (Å²) in [5.41, 5.74) is 1.75. The Kier molecular flexibility index (Phi) is 4.96. The van der Waals surface area contributed by atoms with E-state index in [1.165, 1.54) is 35.1 Å². The van der Waals surface area contributed by atoms with E-state index in [1.807, 2.05) is 18.2 Å². The van der Waals surface area contributed by atoms with Gasteiger partial charge in [-0.3, -0.25) is 14.9 Å². The van der Waals surface area contributed by atoms with Crippen molar-refractivity contribution in [2.24, 2.45) is 4.99 Å². The Hall–Kier alpha value is -3.24. The normalized spacial score (nSPS) is 11.5. The molecule has 130 valence electrons. The van der Waals surface area contributed by atoms with E-state index < -0.39 is 10.8 Å². The molecule has 0 spiro atoms. The van der Waals surface area contributed by atoms with Crippen molar-refractivity contribution < 1.29 is 9.72 Å². The summed E-state index contributed by atoms with van der Waals surface area (Å²) in [5.74, 6) is 1.90. The maximum atomic E-state index is 12.6. The minimum atomic E-state index is -0.662. The van der Waals surface area contributed by atoms with Crippen LogP contribution in [0.25, 0.3) is 10.2 Å². The fourth-order valence-corrected chi connectivity index (χ4v) is 3.72. The molecule has 0 unspecified atom stereocenters. The number of aromatic nitrogens is 1. The summed E-state index contributed by atoms with van der Waals surface area (Å²) in [4.78, 5) is 27.7. The lowest BCUT2D eigenvalue weighted by molar-refractivity contribution is -0.385. The lowest BCUT2D eigenvalue weighted by Gasteiger charge is -2.01. The third kappa shape index (κ3) is 3.27. The van der Waals surface area contributed by atoms with Crippen molar-refractivity contribution in [3.63, 3.8) is 0 Å². The SMILES string of the molecule is C#CCn1c(=NC(=O)c2ccccc2[N+](=O)[O-])sc2cc(CC)ccc21. The minimum absolute atomic E-state index is 0.0449. The molecule has 0 aliphatic rings. The van der Waals surface area contributed by atoms with Gasteiger partial charge in [-0.15, -0.1) is 6.42 Å². The summed E-state index contributed by atoms with van der Waals surface area (Å²) in [6.45, 7) is 2.32. The van der Waals surface area contributed by atoms with Gasteiger partial charge >= 0.3 is 0 Å². The van der Waals surface area contributed by atoms with Crippen LogP contribution in [0.1, 0.15) is 22.8 Å². The number of aryl methyl sites for hydroxylation is 1. The molecule has 2 aromatic carbocycles. The first-order chi connectivity index (χ1) is 12.5. The van der Waals surface area contributed by atoms with Crippen LogP contribution in [0.3, 0.4) is 0 Å². The highest BCUT2D eigenvalue weighted by atomic mass is 32.1. The molecule has 0 bridgehead atoms. The Morgan fingerprint density at radius 1 is 1.35 bits per heavy atom. The number of nitrogens with zero attached hydrogens (tertiary/aromatic N) is 3. The van der Waals surface area contributed by atoms with E-state index in [0.29, 0.717) is 4.80 Å². The number of thiazole rings is 1. The van der Waals surface area contributed by atoms with Crippen LogP contribution in [-0.4, -0.2) is 15.4 Å². The second-order valence-electron chi connectivity index (χ2n) is 5.52. The van der Waals surface area contributed by atoms with Crippen LogP contribution in [0.4, 0.5) is 5.69 Å². The number of hydrogen-bond donors (Lipinski definition) is 0. The molecule has 0 radical (unpaired) electrons. The van der Waals surface area contributed by atoms with Crippen molar-refractivity contribution in [3.8, 4) is 12.3 Å². The molecule has 7 heteroatoms. The Morgan fingerprint density at radius 2 is 2.12 bits per heavy atom. The van der Waals surface area contributed by atoms with Gasteiger partial charge in [0.25, 0.3) is 11.6 Å². The second kappa shape index (κ2) is 7.33. The number of carbonyl (C=O) groups excluding carboxylic acids is 1. The smallest absolute Gasteiger partial charge is 0.286 e. The summed E-state index contributed by atoms with van der Waals surface area (Å²) in [5, 5.41) is 11.1. The molecule has 0 saturated heterocycles. The van der Waals surface area contributed by atoms with Gasteiger partial charge < -0.3 is 4.57 Å². The molecule has 3 aromatic rings. The molecule has 1 aromatic heterocycles. The highest BCUT2D eigenvalue weighted by Crippen LogP contribution is 2.21. The number of benzene rings is 2.